The van der Waals surface area contributed by atoms with E-state index in [4.69, 9.17) is 4.84 Å². The van der Waals surface area contributed by atoms with Gasteiger partial charge in [-0.1, -0.05) is 5.16 Å². The van der Waals surface area contributed by atoms with Crippen molar-refractivity contribution < 1.29 is 14.9 Å². The Bertz CT molecular complexity index is 453. The summed E-state index contributed by atoms with van der Waals surface area (Å²) in [6.07, 6.45) is -0.412. The van der Waals surface area contributed by atoms with Crippen LogP contribution in [0.1, 0.15) is 18.9 Å². The first kappa shape index (κ1) is 11.5. The fraction of sp³-hybridized carbons (Fsp3) is 0.364. The molecule has 6 heteroatoms. The molecule has 0 aromatic heterocycles. The number of non-ortho nitro benzene ring substituents is 1. The topological polar surface area (TPSA) is 85.0 Å². The lowest BCUT2D eigenvalue weighted by atomic mass is 10.0. The second-order valence-electron chi connectivity index (χ2n) is 3.93. The van der Waals surface area contributed by atoms with E-state index in [1.807, 2.05) is 0 Å². The van der Waals surface area contributed by atoms with Gasteiger partial charge in [-0.15, -0.1) is 0 Å². The number of hydrogen-bond acceptors (Lipinski definition) is 5. The summed E-state index contributed by atoms with van der Waals surface area (Å²) in [5.74, 6) is 0. The minimum atomic E-state index is -0.589. The van der Waals surface area contributed by atoms with Crippen molar-refractivity contribution >= 4 is 11.4 Å². The third-order valence-electron chi connectivity index (χ3n) is 2.64. The summed E-state index contributed by atoms with van der Waals surface area (Å²) in [5, 5.41) is 23.7. The van der Waals surface area contributed by atoms with Gasteiger partial charge < -0.3 is 9.94 Å². The summed E-state index contributed by atoms with van der Waals surface area (Å²) in [6.45, 7) is 1.64. The van der Waals surface area contributed by atoms with Gasteiger partial charge in [0.2, 0.25) is 0 Å². The molecule has 17 heavy (non-hydrogen) atoms. The average molecular weight is 236 g/mol. The minimum absolute atomic E-state index is 0.0420. The van der Waals surface area contributed by atoms with E-state index in [0.29, 0.717) is 12.1 Å². The van der Waals surface area contributed by atoms with Crippen molar-refractivity contribution in [2.45, 2.75) is 25.6 Å². The van der Waals surface area contributed by atoms with Crippen LogP contribution in [-0.4, -0.2) is 27.9 Å². The highest BCUT2D eigenvalue weighted by Crippen LogP contribution is 2.20. The van der Waals surface area contributed by atoms with Gasteiger partial charge in [0.05, 0.1) is 16.7 Å². The van der Waals surface area contributed by atoms with Gasteiger partial charge in [0.1, 0.15) is 0 Å². The van der Waals surface area contributed by atoms with E-state index in [9.17, 15) is 15.2 Å². The van der Waals surface area contributed by atoms with Crippen LogP contribution in [0.4, 0.5) is 5.69 Å². The maximum atomic E-state index is 10.5. The zero-order chi connectivity index (χ0) is 12.4. The van der Waals surface area contributed by atoms with Crippen LogP contribution >= 0.6 is 0 Å². The monoisotopic (exact) mass is 236 g/mol. The summed E-state index contributed by atoms with van der Waals surface area (Å²) in [6, 6.07) is 6.11. The molecule has 0 unspecified atom stereocenters. The number of rotatable bonds is 3. The smallest absolute Gasteiger partial charge is 0.269 e. The van der Waals surface area contributed by atoms with Crippen molar-refractivity contribution in [3.8, 4) is 0 Å². The van der Waals surface area contributed by atoms with Crippen molar-refractivity contribution in [1.29, 1.82) is 0 Å². The lowest BCUT2D eigenvalue weighted by Gasteiger charge is -2.09. The second-order valence-corrected chi connectivity index (χ2v) is 3.93. The number of benzene rings is 1. The molecule has 0 radical (unpaired) electrons. The van der Waals surface area contributed by atoms with E-state index in [1.54, 1.807) is 19.1 Å². The molecule has 90 valence electrons. The molecule has 6 nitrogen and oxygen atoms in total. The van der Waals surface area contributed by atoms with Crippen molar-refractivity contribution in [3.05, 3.63) is 39.9 Å². The summed E-state index contributed by atoms with van der Waals surface area (Å²) in [5.41, 5.74) is 1.52. The average Bonchev–Trinajstić information content (AvgIpc) is 2.78. The van der Waals surface area contributed by atoms with Gasteiger partial charge in [0, 0.05) is 18.6 Å². The van der Waals surface area contributed by atoms with Crippen LogP contribution in [0.2, 0.25) is 0 Å². The van der Waals surface area contributed by atoms with Crippen molar-refractivity contribution in [3.63, 3.8) is 0 Å². The Morgan fingerprint density at radius 1 is 1.53 bits per heavy atom. The molecule has 0 amide bonds. The Labute approximate surface area is 97.7 Å². The van der Waals surface area contributed by atoms with Gasteiger partial charge in [-0.2, -0.15) is 0 Å². The van der Waals surface area contributed by atoms with E-state index in [2.05, 4.69) is 5.16 Å². The Hall–Kier alpha value is -1.95. The fourth-order valence-electron chi connectivity index (χ4n) is 1.60. The first-order valence-electron chi connectivity index (χ1n) is 5.23. The zero-order valence-corrected chi connectivity index (χ0v) is 9.24. The van der Waals surface area contributed by atoms with Crippen LogP contribution in [0.15, 0.2) is 29.4 Å². The Morgan fingerprint density at radius 2 is 2.18 bits per heavy atom. The van der Waals surface area contributed by atoms with E-state index in [0.717, 1.165) is 5.56 Å². The summed E-state index contributed by atoms with van der Waals surface area (Å²) < 4.78 is 0. The lowest BCUT2D eigenvalue weighted by Crippen LogP contribution is -2.22. The van der Waals surface area contributed by atoms with Gasteiger partial charge >= 0.3 is 0 Å². The quantitative estimate of drug-likeness (QED) is 0.636. The molecule has 0 spiro atoms. The first-order valence-corrected chi connectivity index (χ1v) is 5.23. The van der Waals surface area contributed by atoms with Gasteiger partial charge in [-0.25, -0.2) is 0 Å². The molecular weight excluding hydrogens is 224 g/mol. The molecule has 1 aliphatic heterocycles. The maximum absolute atomic E-state index is 10.5. The summed E-state index contributed by atoms with van der Waals surface area (Å²) in [4.78, 5) is 15.1. The second kappa shape index (κ2) is 4.50. The molecule has 1 aromatic rings. The maximum Gasteiger partial charge on any atom is 0.269 e. The van der Waals surface area contributed by atoms with E-state index >= 15 is 0 Å². The van der Waals surface area contributed by atoms with Crippen molar-refractivity contribution in [2.24, 2.45) is 5.16 Å². The van der Waals surface area contributed by atoms with Gasteiger partial charge in [0.25, 0.3) is 5.69 Å². The number of nitro benzene ring substituents is 1. The van der Waals surface area contributed by atoms with E-state index in [1.165, 1.54) is 12.1 Å². The molecule has 1 aliphatic rings. The Kier molecular flexibility index (Phi) is 3.06. The summed E-state index contributed by atoms with van der Waals surface area (Å²) in [7, 11) is 0. The molecule has 1 N–H and O–H groups in total. The Morgan fingerprint density at radius 3 is 2.65 bits per heavy atom. The number of hydrogen-bond donors (Lipinski definition) is 1. The van der Waals surface area contributed by atoms with Crippen molar-refractivity contribution in [1.82, 2.24) is 0 Å². The van der Waals surface area contributed by atoms with Crippen LogP contribution in [0.25, 0.3) is 0 Å². The van der Waals surface area contributed by atoms with Gasteiger partial charge in [0.15, 0.2) is 6.10 Å². The zero-order valence-electron chi connectivity index (χ0n) is 9.24. The van der Waals surface area contributed by atoms with Crippen LogP contribution in [0.5, 0.6) is 0 Å². The third kappa shape index (κ3) is 2.42. The fourth-order valence-corrected chi connectivity index (χ4v) is 1.60. The molecule has 0 saturated carbocycles. The molecule has 0 bridgehead atoms. The predicted octanol–water partition coefficient (Wildman–Crippen LogP) is 1.47. The number of aliphatic hydroxyl groups is 1. The SMILES string of the molecule is C[C@H](O)[C@H]1CC(c2ccc([N+](=O)[O-])cc2)=NO1. The standard InChI is InChI=1S/C11H12N2O4/c1-7(14)11-6-10(12-17-11)8-2-4-9(5-3-8)13(15)16/h2-5,7,11,14H,6H2,1H3/t7-,11+/m0/s1. The van der Waals surface area contributed by atoms with Crippen LogP contribution < -0.4 is 0 Å². The molecule has 0 fully saturated rings. The van der Waals surface area contributed by atoms with Crippen molar-refractivity contribution in [2.75, 3.05) is 0 Å². The van der Waals surface area contributed by atoms with Crippen LogP contribution in [0.3, 0.4) is 0 Å². The van der Waals surface area contributed by atoms with Crippen LogP contribution in [-0.2, 0) is 4.84 Å². The molecule has 1 aromatic carbocycles. The first-order chi connectivity index (χ1) is 8.08. The highest BCUT2D eigenvalue weighted by molar-refractivity contribution is 6.01. The van der Waals surface area contributed by atoms with Gasteiger partial charge in [-0.3, -0.25) is 10.1 Å². The summed E-state index contributed by atoms with van der Waals surface area (Å²) >= 11 is 0. The van der Waals surface area contributed by atoms with Gasteiger partial charge in [-0.05, 0) is 24.6 Å². The number of nitro groups is 1. The molecule has 1 heterocycles. The van der Waals surface area contributed by atoms with E-state index in [-0.39, 0.29) is 11.8 Å². The molecule has 2 rings (SSSR count). The lowest BCUT2D eigenvalue weighted by molar-refractivity contribution is -0.384. The third-order valence-corrected chi connectivity index (χ3v) is 2.64. The molecule has 0 aliphatic carbocycles. The molecule has 0 saturated heterocycles. The number of nitrogens with zero attached hydrogens (tertiary/aromatic N) is 2. The largest absolute Gasteiger partial charge is 0.389 e. The highest BCUT2D eigenvalue weighted by Gasteiger charge is 2.26. The number of aliphatic hydroxyl groups excluding tert-OH is 1. The molecule has 2 atom stereocenters. The normalized spacial score (nSPS) is 20.6. The predicted molar refractivity (Wildman–Crippen MR) is 60.8 cm³/mol. The minimum Gasteiger partial charge on any atom is -0.389 e. The Balaban J connectivity index is 2.12. The molecular formula is C11H12N2O4. The number of oxime groups is 1. The van der Waals surface area contributed by atoms with E-state index < -0.39 is 11.0 Å². The highest BCUT2D eigenvalue weighted by atomic mass is 16.7. The van der Waals surface area contributed by atoms with Crippen LogP contribution in [0, 0.1) is 10.1 Å².